The standard InChI is InChI=1S/C13H18N4/c1-10-5-6-12-14-15-13(17(12)8-10)11-4-3-7-16(2)9-11/h5-6,8,11H,3-4,7,9H2,1-2H3. The van der Waals surface area contributed by atoms with Crippen molar-refractivity contribution in [3.8, 4) is 0 Å². The number of rotatable bonds is 1. The third-order valence-corrected chi connectivity index (χ3v) is 3.57. The van der Waals surface area contributed by atoms with Gasteiger partial charge in [0.25, 0.3) is 0 Å². The first-order chi connectivity index (χ1) is 8.24. The smallest absolute Gasteiger partial charge is 0.160 e. The highest BCUT2D eigenvalue weighted by Gasteiger charge is 2.23. The van der Waals surface area contributed by atoms with Gasteiger partial charge in [0, 0.05) is 18.7 Å². The Kier molecular flexibility index (Phi) is 2.59. The minimum atomic E-state index is 0.519. The van der Waals surface area contributed by atoms with Gasteiger partial charge < -0.3 is 4.90 Å². The van der Waals surface area contributed by atoms with Gasteiger partial charge in [-0.3, -0.25) is 4.40 Å². The first-order valence-electron chi connectivity index (χ1n) is 6.24. The van der Waals surface area contributed by atoms with Crippen LogP contribution >= 0.6 is 0 Å². The first-order valence-corrected chi connectivity index (χ1v) is 6.24. The average Bonchev–Trinajstić information content (AvgIpc) is 2.71. The summed E-state index contributed by atoms with van der Waals surface area (Å²) in [4.78, 5) is 2.38. The molecule has 0 saturated carbocycles. The molecule has 3 rings (SSSR count). The summed E-state index contributed by atoms with van der Waals surface area (Å²) >= 11 is 0. The summed E-state index contributed by atoms with van der Waals surface area (Å²) < 4.78 is 2.15. The number of hydrogen-bond acceptors (Lipinski definition) is 3. The van der Waals surface area contributed by atoms with Crippen molar-refractivity contribution in [2.24, 2.45) is 0 Å². The van der Waals surface area contributed by atoms with Crippen LogP contribution in [0.3, 0.4) is 0 Å². The van der Waals surface area contributed by atoms with Gasteiger partial charge in [-0.2, -0.15) is 0 Å². The Bertz CT molecular complexity index is 531. The van der Waals surface area contributed by atoms with Gasteiger partial charge in [-0.15, -0.1) is 10.2 Å². The fourth-order valence-electron chi connectivity index (χ4n) is 2.67. The summed E-state index contributed by atoms with van der Waals surface area (Å²) in [7, 11) is 2.18. The summed E-state index contributed by atoms with van der Waals surface area (Å²) in [6, 6.07) is 4.12. The van der Waals surface area contributed by atoms with Crippen LogP contribution in [0.5, 0.6) is 0 Å². The molecule has 0 amide bonds. The number of likely N-dealkylation sites (N-methyl/N-ethyl adjacent to an activating group) is 1. The van der Waals surface area contributed by atoms with Crippen molar-refractivity contribution < 1.29 is 0 Å². The Hall–Kier alpha value is -1.42. The number of hydrogen-bond donors (Lipinski definition) is 0. The molecule has 3 heterocycles. The molecule has 0 bridgehead atoms. The number of aryl methyl sites for hydroxylation is 1. The topological polar surface area (TPSA) is 33.4 Å². The summed E-state index contributed by atoms with van der Waals surface area (Å²) in [5.41, 5.74) is 2.21. The quantitative estimate of drug-likeness (QED) is 0.749. The van der Waals surface area contributed by atoms with Crippen LogP contribution in [-0.4, -0.2) is 39.6 Å². The normalized spacial score (nSPS) is 22.1. The minimum Gasteiger partial charge on any atom is -0.306 e. The van der Waals surface area contributed by atoms with Gasteiger partial charge in [-0.05, 0) is 45.0 Å². The molecule has 1 aliphatic rings. The number of aromatic nitrogens is 3. The average molecular weight is 230 g/mol. The van der Waals surface area contributed by atoms with Crippen LogP contribution in [0.1, 0.15) is 30.1 Å². The zero-order valence-electron chi connectivity index (χ0n) is 10.4. The van der Waals surface area contributed by atoms with Crippen LogP contribution in [0, 0.1) is 6.92 Å². The Morgan fingerprint density at radius 1 is 1.29 bits per heavy atom. The van der Waals surface area contributed by atoms with E-state index in [1.54, 1.807) is 0 Å². The SMILES string of the molecule is Cc1ccc2nnc(C3CCCN(C)C3)n2c1. The third kappa shape index (κ3) is 1.93. The van der Waals surface area contributed by atoms with E-state index in [2.05, 4.69) is 45.7 Å². The van der Waals surface area contributed by atoms with E-state index in [-0.39, 0.29) is 0 Å². The van der Waals surface area contributed by atoms with Crippen molar-refractivity contribution in [2.45, 2.75) is 25.7 Å². The molecule has 0 N–H and O–H groups in total. The maximum Gasteiger partial charge on any atom is 0.160 e. The third-order valence-electron chi connectivity index (χ3n) is 3.57. The van der Waals surface area contributed by atoms with Crippen LogP contribution < -0.4 is 0 Å². The molecule has 0 aromatic carbocycles. The van der Waals surface area contributed by atoms with E-state index in [4.69, 9.17) is 0 Å². The van der Waals surface area contributed by atoms with Gasteiger partial charge >= 0.3 is 0 Å². The van der Waals surface area contributed by atoms with Crippen molar-refractivity contribution in [1.82, 2.24) is 19.5 Å². The second kappa shape index (κ2) is 4.11. The van der Waals surface area contributed by atoms with Gasteiger partial charge in [0.05, 0.1) is 0 Å². The van der Waals surface area contributed by atoms with E-state index in [9.17, 15) is 0 Å². The van der Waals surface area contributed by atoms with Gasteiger partial charge in [0.15, 0.2) is 5.65 Å². The molecule has 1 unspecified atom stereocenters. The summed E-state index contributed by atoms with van der Waals surface area (Å²) in [6.45, 7) is 4.40. The van der Waals surface area contributed by atoms with E-state index < -0.39 is 0 Å². The lowest BCUT2D eigenvalue weighted by molar-refractivity contribution is 0.245. The zero-order chi connectivity index (χ0) is 11.8. The number of likely N-dealkylation sites (tertiary alicyclic amines) is 1. The van der Waals surface area contributed by atoms with Crippen molar-refractivity contribution in [3.63, 3.8) is 0 Å². The number of nitrogens with zero attached hydrogens (tertiary/aromatic N) is 4. The van der Waals surface area contributed by atoms with E-state index in [0.717, 1.165) is 18.0 Å². The summed E-state index contributed by atoms with van der Waals surface area (Å²) in [6.07, 6.45) is 4.61. The monoisotopic (exact) mass is 230 g/mol. The van der Waals surface area contributed by atoms with E-state index in [1.165, 1.54) is 24.9 Å². The van der Waals surface area contributed by atoms with Crippen molar-refractivity contribution >= 4 is 5.65 Å². The molecule has 4 nitrogen and oxygen atoms in total. The van der Waals surface area contributed by atoms with Crippen LogP contribution in [0.25, 0.3) is 5.65 Å². The first kappa shape index (κ1) is 10.7. The Morgan fingerprint density at radius 3 is 3.00 bits per heavy atom. The molecule has 1 aliphatic heterocycles. The molecule has 4 heteroatoms. The molecule has 1 fully saturated rings. The van der Waals surface area contributed by atoms with E-state index in [1.807, 2.05) is 6.07 Å². The molecule has 1 saturated heterocycles. The lowest BCUT2D eigenvalue weighted by Gasteiger charge is -2.28. The maximum absolute atomic E-state index is 4.38. The highest BCUT2D eigenvalue weighted by molar-refractivity contribution is 5.39. The summed E-state index contributed by atoms with van der Waals surface area (Å²) in [5, 5.41) is 8.64. The number of piperidine rings is 1. The lowest BCUT2D eigenvalue weighted by atomic mass is 9.98. The number of pyridine rings is 1. The molecule has 17 heavy (non-hydrogen) atoms. The van der Waals surface area contributed by atoms with Crippen molar-refractivity contribution in [1.29, 1.82) is 0 Å². The largest absolute Gasteiger partial charge is 0.306 e. The van der Waals surface area contributed by atoms with Gasteiger partial charge in [0.2, 0.25) is 0 Å². The lowest BCUT2D eigenvalue weighted by Crippen LogP contribution is -2.31. The fraction of sp³-hybridized carbons (Fsp3) is 0.538. The highest BCUT2D eigenvalue weighted by Crippen LogP contribution is 2.25. The molecule has 0 aliphatic carbocycles. The Balaban J connectivity index is 2.01. The van der Waals surface area contributed by atoms with Crippen LogP contribution in [0.15, 0.2) is 18.3 Å². The molecule has 90 valence electrons. The van der Waals surface area contributed by atoms with Crippen LogP contribution in [-0.2, 0) is 0 Å². The minimum absolute atomic E-state index is 0.519. The Morgan fingerprint density at radius 2 is 2.18 bits per heavy atom. The second-order valence-electron chi connectivity index (χ2n) is 5.09. The maximum atomic E-state index is 4.38. The van der Waals surface area contributed by atoms with Crippen molar-refractivity contribution in [2.75, 3.05) is 20.1 Å². The Labute approximate surface area is 101 Å². The van der Waals surface area contributed by atoms with Crippen molar-refractivity contribution in [3.05, 3.63) is 29.7 Å². The molecular weight excluding hydrogens is 212 g/mol. The van der Waals surface area contributed by atoms with Gasteiger partial charge in [-0.25, -0.2) is 0 Å². The second-order valence-corrected chi connectivity index (χ2v) is 5.09. The molecule has 2 aromatic heterocycles. The summed E-state index contributed by atoms with van der Waals surface area (Å²) in [5.74, 6) is 1.64. The fourth-order valence-corrected chi connectivity index (χ4v) is 2.67. The molecular formula is C13H18N4. The predicted octanol–water partition coefficient (Wildman–Crippen LogP) is 1.85. The van der Waals surface area contributed by atoms with E-state index >= 15 is 0 Å². The highest BCUT2D eigenvalue weighted by atomic mass is 15.3. The molecule has 0 radical (unpaired) electrons. The predicted molar refractivity (Wildman–Crippen MR) is 67.2 cm³/mol. The molecule has 0 spiro atoms. The molecule has 2 aromatic rings. The van der Waals surface area contributed by atoms with Crippen LogP contribution in [0.4, 0.5) is 0 Å². The number of fused-ring (bicyclic) bond motifs is 1. The van der Waals surface area contributed by atoms with Crippen LogP contribution in [0.2, 0.25) is 0 Å². The van der Waals surface area contributed by atoms with E-state index in [0.29, 0.717) is 5.92 Å². The van der Waals surface area contributed by atoms with Gasteiger partial charge in [-0.1, -0.05) is 6.07 Å². The van der Waals surface area contributed by atoms with Gasteiger partial charge in [0.1, 0.15) is 5.82 Å². The zero-order valence-corrected chi connectivity index (χ0v) is 10.4. The molecule has 1 atom stereocenters.